The average Bonchev–Trinajstić information content (AvgIpc) is 2.57. The molecule has 128 valence electrons. The van der Waals surface area contributed by atoms with Gasteiger partial charge < -0.3 is 10.1 Å². The van der Waals surface area contributed by atoms with E-state index in [0.717, 1.165) is 31.7 Å². The van der Waals surface area contributed by atoms with Gasteiger partial charge in [-0.1, -0.05) is 31.4 Å². The van der Waals surface area contributed by atoms with Gasteiger partial charge in [0.1, 0.15) is 5.75 Å². The van der Waals surface area contributed by atoms with Crippen molar-refractivity contribution in [2.75, 3.05) is 26.2 Å². The maximum absolute atomic E-state index is 12.5. The number of piperazine rings is 1. The number of alkyl halides is 2. The van der Waals surface area contributed by atoms with Gasteiger partial charge in [0, 0.05) is 32.2 Å². The molecule has 5 heteroatoms. The van der Waals surface area contributed by atoms with E-state index in [1.807, 2.05) is 12.1 Å². The van der Waals surface area contributed by atoms with Crippen molar-refractivity contribution in [2.45, 2.75) is 44.8 Å². The zero-order valence-electron chi connectivity index (χ0n) is 13.5. The van der Waals surface area contributed by atoms with Gasteiger partial charge in [-0.25, -0.2) is 0 Å². The summed E-state index contributed by atoms with van der Waals surface area (Å²) < 4.78 is 29.7. The molecule has 1 saturated carbocycles. The first-order chi connectivity index (χ1) is 11.2. The molecule has 1 aromatic carbocycles. The predicted octanol–water partition coefficient (Wildman–Crippen LogP) is 3.81. The summed E-state index contributed by atoms with van der Waals surface area (Å²) in [5.74, 6) is 0.886. The van der Waals surface area contributed by atoms with E-state index in [9.17, 15) is 8.78 Å². The molecular formula is C18H26F2N2O. The van der Waals surface area contributed by atoms with E-state index in [4.69, 9.17) is 0 Å². The second kappa shape index (κ2) is 8.06. The van der Waals surface area contributed by atoms with Crippen molar-refractivity contribution < 1.29 is 13.5 Å². The fraction of sp³-hybridized carbons (Fsp3) is 0.667. The summed E-state index contributed by atoms with van der Waals surface area (Å²) in [6.07, 6.45) is 6.34. The fourth-order valence-corrected chi connectivity index (χ4v) is 4.07. The monoisotopic (exact) mass is 324 g/mol. The number of halogens is 2. The van der Waals surface area contributed by atoms with Gasteiger partial charge in [0.25, 0.3) is 0 Å². The number of benzene rings is 1. The Kier molecular flexibility index (Phi) is 5.84. The number of rotatable bonds is 5. The Balaban J connectivity index is 1.84. The molecule has 3 rings (SSSR count). The third kappa shape index (κ3) is 4.42. The maximum atomic E-state index is 12.5. The lowest BCUT2D eigenvalue weighted by atomic mass is 9.80. The molecule has 0 unspecified atom stereocenters. The highest BCUT2D eigenvalue weighted by Crippen LogP contribution is 2.39. The normalized spacial score (nSPS) is 22.2. The van der Waals surface area contributed by atoms with E-state index in [2.05, 4.69) is 21.0 Å². The van der Waals surface area contributed by atoms with E-state index < -0.39 is 6.61 Å². The molecule has 1 aliphatic carbocycles. The minimum absolute atomic E-state index is 0.272. The minimum Gasteiger partial charge on any atom is -0.435 e. The Hall–Kier alpha value is -1.20. The molecule has 1 atom stereocenters. The van der Waals surface area contributed by atoms with Crippen molar-refractivity contribution in [3.05, 3.63) is 29.8 Å². The summed E-state index contributed by atoms with van der Waals surface area (Å²) >= 11 is 0. The molecule has 1 aromatic rings. The first-order valence-corrected chi connectivity index (χ1v) is 8.73. The van der Waals surface area contributed by atoms with Crippen LogP contribution in [0, 0.1) is 5.92 Å². The van der Waals surface area contributed by atoms with Gasteiger partial charge in [0.05, 0.1) is 0 Å². The molecule has 2 aliphatic rings. The number of ether oxygens (including phenoxy) is 1. The number of nitrogens with one attached hydrogen (secondary N) is 1. The van der Waals surface area contributed by atoms with Crippen molar-refractivity contribution in [1.29, 1.82) is 0 Å². The first-order valence-electron chi connectivity index (χ1n) is 8.73. The zero-order valence-corrected chi connectivity index (χ0v) is 13.5. The molecule has 0 radical (unpaired) electrons. The molecule has 1 N–H and O–H groups in total. The summed E-state index contributed by atoms with van der Waals surface area (Å²) in [4.78, 5) is 2.52. The minimum atomic E-state index is -2.77. The summed E-state index contributed by atoms with van der Waals surface area (Å²) in [6.45, 7) is 1.26. The van der Waals surface area contributed by atoms with Crippen LogP contribution in [-0.2, 0) is 0 Å². The Morgan fingerprint density at radius 2 is 1.83 bits per heavy atom. The third-order valence-electron chi connectivity index (χ3n) is 5.07. The standard InChI is InChI=1S/C18H26F2N2O/c19-18(20)23-16-8-4-7-15(13-16)17(14-5-2-1-3-6-14)22-11-9-21-10-12-22/h4,7-8,13-14,17-18,21H,1-3,5-6,9-12H2/t17-/m1/s1. The molecule has 0 spiro atoms. The molecule has 3 nitrogen and oxygen atoms in total. The van der Waals surface area contributed by atoms with Gasteiger partial charge in [0.15, 0.2) is 0 Å². The molecule has 1 aliphatic heterocycles. The van der Waals surface area contributed by atoms with E-state index in [-0.39, 0.29) is 5.75 Å². The van der Waals surface area contributed by atoms with Crippen molar-refractivity contribution in [3.8, 4) is 5.75 Å². The van der Waals surface area contributed by atoms with Gasteiger partial charge in [0.2, 0.25) is 0 Å². The van der Waals surface area contributed by atoms with Crippen molar-refractivity contribution >= 4 is 0 Å². The number of nitrogens with zero attached hydrogens (tertiary/aromatic N) is 1. The summed E-state index contributed by atoms with van der Waals surface area (Å²) in [7, 11) is 0. The van der Waals surface area contributed by atoms with Crippen molar-refractivity contribution in [3.63, 3.8) is 0 Å². The summed E-state index contributed by atoms with van der Waals surface area (Å²) in [5, 5.41) is 3.40. The van der Waals surface area contributed by atoms with Crippen molar-refractivity contribution in [2.24, 2.45) is 5.92 Å². The number of hydrogen-bond acceptors (Lipinski definition) is 3. The topological polar surface area (TPSA) is 24.5 Å². The molecule has 0 aromatic heterocycles. The van der Waals surface area contributed by atoms with Crippen LogP contribution in [0.25, 0.3) is 0 Å². The highest BCUT2D eigenvalue weighted by atomic mass is 19.3. The van der Waals surface area contributed by atoms with E-state index >= 15 is 0 Å². The maximum Gasteiger partial charge on any atom is 0.387 e. The van der Waals surface area contributed by atoms with Gasteiger partial charge in [-0.3, -0.25) is 4.90 Å². The lowest BCUT2D eigenvalue weighted by Gasteiger charge is -2.41. The Morgan fingerprint density at radius 3 is 2.52 bits per heavy atom. The first kappa shape index (κ1) is 16.7. The van der Waals surface area contributed by atoms with Crippen LogP contribution in [0.2, 0.25) is 0 Å². The lowest BCUT2D eigenvalue weighted by molar-refractivity contribution is -0.0499. The molecule has 1 saturated heterocycles. The van der Waals surface area contributed by atoms with Crippen LogP contribution < -0.4 is 10.1 Å². The van der Waals surface area contributed by atoms with Gasteiger partial charge in [-0.15, -0.1) is 0 Å². The lowest BCUT2D eigenvalue weighted by Crippen LogP contribution is -2.47. The predicted molar refractivity (Wildman–Crippen MR) is 86.8 cm³/mol. The number of hydrogen-bond donors (Lipinski definition) is 1. The van der Waals surface area contributed by atoms with Gasteiger partial charge in [-0.05, 0) is 36.5 Å². The molecule has 0 bridgehead atoms. The zero-order chi connectivity index (χ0) is 16.1. The summed E-state index contributed by atoms with van der Waals surface area (Å²) in [6, 6.07) is 7.65. The smallest absolute Gasteiger partial charge is 0.387 e. The highest BCUT2D eigenvalue weighted by Gasteiger charge is 2.31. The van der Waals surface area contributed by atoms with Crippen LogP contribution >= 0.6 is 0 Å². The molecule has 1 heterocycles. The second-order valence-corrected chi connectivity index (χ2v) is 6.58. The van der Waals surface area contributed by atoms with Crippen LogP contribution in [0.3, 0.4) is 0 Å². The van der Waals surface area contributed by atoms with Crippen molar-refractivity contribution in [1.82, 2.24) is 10.2 Å². The Labute approximate surface area is 137 Å². The van der Waals surface area contributed by atoms with Crippen LogP contribution in [0.1, 0.15) is 43.7 Å². The molecule has 23 heavy (non-hydrogen) atoms. The summed E-state index contributed by atoms with van der Waals surface area (Å²) in [5.41, 5.74) is 1.12. The Bertz CT molecular complexity index is 468. The van der Waals surface area contributed by atoms with Crippen LogP contribution in [0.5, 0.6) is 5.75 Å². The fourth-order valence-electron chi connectivity index (χ4n) is 4.07. The molecular weight excluding hydrogens is 298 g/mol. The molecule has 0 amide bonds. The van der Waals surface area contributed by atoms with Gasteiger partial charge in [-0.2, -0.15) is 8.78 Å². The van der Waals surface area contributed by atoms with Crippen LogP contribution in [-0.4, -0.2) is 37.7 Å². The van der Waals surface area contributed by atoms with E-state index in [1.54, 1.807) is 6.07 Å². The van der Waals surface area contributed by atoms with Gasteiger partial charge >= 0.3 is 6.61 Å². The SMILES string of the molecule is FC(F)Oc1cccc([C@@H](C2CCCCC2)N2CCNCC2)c1. The van der Waals surface area contributed by atoms with Crippen LogP contribution in [0.4, 0.5) is 8.78 Å². The molecule has 2 fully saturated rings. The third-order valence-corrected chi connectivity index (χ3v) is 5.07. The largest absolute Gasteiger partial charge is 0.435 e. The van der Waals surface area contributed by atoms with Crippen LogP contribution in [0.15, 0.2) is 24.3 Å². The second-order valence-electron chi connectivity index (χ2n) is 6.58. The quantitative estimate of drug-likeness (QED) is 0.891. The average molecular weight is 324 g/mol. The van der Waals surface area contributed by atoms with E-state index in [0.29, 0.717) is 12.0 Å². The van der Waals surface area contributed by atoms with E-state index in [1.165, 1.54) is 32.1 Å². The highest BCUT2D eigenvalue weighted by molar-refractivity contribution is 5.31. The Morgan fingerprint density at radius 1 is 1.09 bits per heavy atom.